The molecule has 0 saturated heterocycles. The van der Waals surface area contributed by atoms with E-state index in [0.717, 1.165) is 22.7 Å². The smallest absolute Gasteiger partial charge is 0.309 e. The van der Waals surface area contributed by atoms with E-state index in [-0.39, 0.29) is 11.8 Å². The van der Waals surface area contributed by atoms with Crippen molar-refractivity contribution in [3.63, 3.8) is 0 Å². The lowest BCUT2D eigenvalue weighted by atomic mass is 9.82. The van der Waals surface area contributed by atoms with E-state index in [4.69, 9.17) is 43.0 Å². The summed E-state index contributed by atoms with van der Waals surface area (Å²) in [6.45, 7) is 14.0. The number of methoxy groups -OCH3 is 1. The van der Waals surface area contributed by atoms with Crippen LogP contribution in [0.4, 0.5) is 5.69 Å². The molecule has 1 aromatic rings. The largest absolute Gasteiger partial charge is 0.491 e. The highest BCUT2D eigenvalue weighted by Crippen LogP contribution is 2.41. The Balaban J connectivity index is 1.43. The molecule has 228 valence electrons. The number of hydrogen-bond acceptors (Lipinski definition) is 9. The molecule has 0 bridgehead atoms. The summed E-state index contributed by atoms with van der Waals surface area (Å²) in [6.07, 6.45) is 0.0956. The van der Waals surface area contributed by atoms with Crippen molar-refractivity contribution in [2.75, 3.05) is 106 Å². The lowest BCUT2D eigenvalue weighted by Crippen LogP contribution is -2.27. The van der Waals surface area contributed by atoms with E-state index >= 15 is 0 Å². The Morgan fingerprint density at radius 2 is 1.20 bits per heavy atom. The zero-order valence-corrected chi connectivity index (χ0v) is 24.6. The van der Waals surface area contributed by atoms with Crippen LogP contribution in [-0.2, 0) is 43.4 Å². The molecule has 0 saturated carbocycles. The number of fused-ring (bicyclic) bond motifs is 1. The lowest BCUT2D eigenvalue weighted by molar-refractivity contribution is -0.438. The van der Waals surface area contributed by atoms with Crippen molar-refractivity contribution in [3.8, 4) is 5.75 Å². The van der Waals surface area contributed by atoms with Gasteiger partial charge in [0.1, 0.15) is 18.8 Å². The van der Waals surface area contributed by atoms with Gasteiger partial charge in [0.05, 0.1) is 91.3 Å². The first-order valence-electron chi connectivity index (χ1n) is 13.9. The van der Waals surface area contributed by atoms with Crippen LogP contribution < -0.4 is 4.74 Å². The summed E-state index contributed by atoms with van der Waals surface area (Å²) >= 11 is 0. The molecule has 0 unspecified atom stereocenters. The van der Waals surface area contributed by atoms with Crippen molar-refractivity contribution in [2.45, 2.75) is 32.6 Å². The van der Waals surface area contributed by atoms with Crippen molar-refractivity contribution < 1.29 is 52.4 Å². The number of aliphatic carboxylic acids is 1. The predicted molar refractivity (Wildman–Crippen MR) is 149 cm³/mol. The quantitative estimate of drug-likeness (QED) is 0.139. The number of hydrogen-bond donors (Lipinski definition) is 1. The van der Waals surface area contributed by atoms with Crippen LogP contribution in [0.25, 0.3) is 0 Å². The number of rotatable bonds is 25. The molecule has 0 aromatic heterocycles. The van der Waals surface area contributed by atoms with Crippen LogP contribution in [0.5, 0.6) is 5.75 Å². The minimum Gasteiger partial charge on any atom is -0.491 e. The van der Waals surface area contributed by atoms with Gasteiger partial charge in [0, 0.05) is 25.7 Å². The molecular weight excluding hydrogens is 522 g/mol. The molecule has 0 spiro atoms. The van der Waals surface area contributed by atoms with Crippen molar-refractivity contribution in [1.82, 2.24) is 0 Å². The summed E-state index contributed by atoms with van der Waals surface area (Å²) in [5.74, 6) is -0.0231. The zero-order valence-electron chi connectivity index (χ0n) is 24.6. The van der Waals surface area contributed by atoms with Crippen LogP contribution in [0, 0.1) is 0 Å². The fraction of sp³-hybridized carbons (Fsp3) is 0.724. The minimum atomic E-state index is -0.798. The van der Waals surface area contributed by atoms with Crippen LogP contribution in [0.2, 0.25) is 0 Å². The number of benzene rings is 1. The summed E-state index contributed by atoms with van der Waals surface area (Å²) in [5.41, 5.74) is 3.13. The van der Waals surface area contributed by atoms with Gasteiger partial charge in [-0.3, -0.25) is 4.79 Å². The Kier molecular flexibility index (Phi) is 16.9. The summed E-state index contributed by atoms with van der Waals surface area (Å²) in [4.78, 5) is 11.1. The van der Waals surface area contributed by atoms with Gasteiger partial charge in [0.2, 0.25) is 5.69 Å². The van der Waals surface area contributed by atoms with E-state index in [9.17, 15) is 4.79 Å². The predicted octanol–water partition coefficient (Wildman–Crippen LogP) is 2.68. The van der Waals surface area contributed by atoms with Gasteiger partial charge in [-0.05, 0) is 26.0 Å². The molecule has 1 N–H and O–H groups in total. The Morgan fingerprint density at radius 1 is 0.750 bits per heavy atom. The molecule has 0 aliphatic carbocycles. The van der Waals surface area contributed by atoms with Crippen LogP contribution in [-0.4, -0.2) is 128 Å². The highest BCUT2D eigenvalue weighted by Gasteiger charge is 2.43. The Morgan fingerprint density at radius 3 is 1.65 bits per heavy atom. The van der Waals surface area contributed by atoms with Gasteiger partial charge < -0.3 is 43.0 Å². The topological polar surface area (TPSA) is 114 Å². The number of carbonyl (C=O) groups is 1. The van der Waals surface area contributed by atoms with Crippen LogP contribution in [0.15, 0.2) is 18.2 Å². The van der Waals surface area contributed by atoms with E-state index in [0.29, 0.717) is 99.0 Å². The standard InChI is InChI=1S/C29H47NO10/c1-24-29(2,3)26-23-25(5-6-27(26)30(24)8-7-28(31)32)40-22-21-39-20-19-38-18-17-37-16-15-36-14-13-35-12-11-34-10-9-33-4/h5-6,23H,7-22H2,1-4H3/p+1. The van der Waals surface area contributed by atoms with Crippen molar-refractivity contribution in [2.24, 2.45) is 0 Å². The number of carboxylic acid groups (broad SMARTS) is 1. The molecule has 2 rings (SSSR count). The summed E-state index contributed by atoms with van der Waals surface area (Å²) < 4.78 is 45.6. The van der Waals surface area contributed by atoms with E-state index in [1.54, 1.807) is 7.11 Å². The number of carboxylic acids is 1. The maximum absolute atomic E-state index is 11.1. The van der Waals surface area contributed by atoms with Gasteiger partial charge >= 0.3 is 5.97 Å². The average Bonchev–Trinajstić information content (AvgIpc) is 3.12. The third-order valence-electron chi connectivity index (χ3n) is 6.58. The molecule has 0 atom stereocenters. The fourth-order valence-electron chi connectivity index (χ4n) is 4.11. The normalized spacial score (nSPS) is 14.1. The number of ether oxygens (including phenoxy) is 8. The second-order valence-electron chi connectivity index (χ2n) is 9.70. The zero-order chi connectivity index (χ0) is 29.1. The molecule has 11 heteroatoms. The van der Waals surface area contributed by atoms with Gasteiger partial charge in [-0.1, -0.05) is 0 Å². The molecule has 1 aliphatic heterocycles. The van der Waals surface area contributed by atoms with Crippen LogP contribution >= 0.6 is 0 Å². The van der Waals surface area contributed by atoms with Gasteiger partial charge in [0.15, 0.2) is 12.3 Å². The summed E-state index contributed by atoms with van der Waals surface area (Å²) in [5, 5.41) is 9.08. The molecular formula is C29H48NO10+. The molecule has 0 radical (unpaired) electrons. The summed E-state index contributed by atoms with van der Waals surface area (Å²) in [6, 6.07) is 5.97. The van der Waals surface area contributed by atoms with E-state index in [1.807, 2.05) is 18.2 Å². The van der Waals surface area contributed by atoms with Crippen molar-refractivity contribution in [1.29, 1.82) is 0 Å². The first-order valence-corrected chi connectivity index (χ1v) is 13.9. The van der Waals surface area contributed by atoms with Gasteiger partial charge in [-0.15, -0.1) is 0 Å². The maximum Gasteiger partial charge on any atom is 0.309 e. The van der Waals surface area contributed by atoms with Crippen molar-refractivity contribution in [3.05, 3.63) is 23.8 Å². The first kappa shape index (κ1) is 34.1. The van der Waals surface area contributed by atoms with E-state index < -0.39 is 5.97 Å². The second kappa shape index (κ2) is 19.9. The molecule has 1 aromatic carbocycles. The molecule has 40 heavy (non-hydrogen) atoms. The monoisotopic (exact) mass is 570 g/mol. The number of nitrogens with zero attached hydrogens (tertiary/aromatic N) is 1. The maximum atomic E-state index is 11.1. The lowest BCUT2D eigenvalue weighted by Gasteiger charge is -2.16. The molecule has 1 aliphatic rings. The molecule has 0 amide bonds. The van der Waals surface area contributed by atoms with Crippen LogP contribution in [0.3, 0.4) is 0 Å². The third kappa shape index (κ3) is 12.6. The van der Waals surface area contributed by atoms with E-state index in [1.165, 1.54) is 0 Å². The van der Waals surface area contributed by atoms with Gasteiger partial charge in [-0.2, -0.15) is 4.58 Å². The van der Waals surface area contributed by atoms with Gasteiger partial charge in [-0.25, -0.2) is 0 Å². The third-order valence-corrected chi connectivity index (χ3v) is 6.58. The fourth-order valence-corrected chi connectivity index (χ4v) is 4.11. The van der Waals surface area contributed by atoms with Crippen molar-refractivity contribution >= 4 is 17.4 Å². The molecule has 1 heterocycles. The average molecular weight is 571 g/mol. The Hall–Kier alpha value is -2.12. The van der Waals surface area contributed by atoms with E-state index in [2.05, 4.69) is 25.3 Å². The second-order valence-corrected chi connectivity index (χ2v) is 9.70. The first-order chi connectivity index (χ1) is 19.4. The Labute approximate surface area is 238 Å². The molecule has 11 nitrogen and oxygen atoms in total. The van der Waals surface area contributed by atoms with Gasteiger partial charge in [0.25, 0.3) is 0 Å². The highest BCUT2D eigenvalue weighted by molar-refractivity contribution is 5.93. The Bertz CT molecular complexity index is 890. The highest BCUT2D eigenvalue weighted by atomic mass is 16.6. The minimum absolute atomic E-state index is 0.0956. The summed E-state index contributed by atoms with van der Waals surface area (Å²) in [7, 11) is 1.64. The SMILES string of the molecule is COCCOCCOCCOCCOCCOCCOCCOc1ccc2c(c1)C(C)(C)C(C)=[N+]2CCC(=O)O. The van der Waals surface area contributed by atoms with Crippen LogP contribution in [0.1, 0.15) is 32.8 Å². The molecule has 0 fully saturated rings.